The van der Waals surface area contributed by atoms with Crippen LogP contribution in [0.2, 0.25) is 0 Å². The molecule has 45 nitrogen and oxygen atoms in total. The van der Waals surface area contributed by atoms with Gasteiger partial charge in [-0.1, -0.05) is 102 Å². The van der Waals surface area contributed by atoms with Crippen molar-refractivity contribution in [1.29, 1.82) is 5.41 Å². The Labute approximate surface area is 808 Å². The molecule has 139 heavy (non-hydrogen) atoms. The summed E-state index contributed by atoms with van der Waals surface area (Å²) < 4.78 is 0. The zero-order valence-corrected chi connectivity index (χ0v) is 80.3. The molecule has 3 aliphatic heterocycles. The van der Waals surface area contributed by atoms with Crippen LogP contribution in [0.1, 0.15) is 147 Å². The van der Waals surface area contributed by atoms with Crippen molar-refractivity contribution < 1.29 is 96.8 Å². The maximum Gasteiger partial charge on any atom is 0.246 e. The van der Waals surface area contributed by atoms with E-state index in [1.54, 1.807) is 74.8 Å². The average Bonchev–Trinajstić information content (AvgIpc) is 1.77. The number of amides is 17. The normalized spacial score (nSPS) is 24.5. The van der Waals surface area contributed by atoms with Crippen LogP contribution in [-0.2, 0) is 107 Å². The summed E-state index contributed by atoms with van der Waals surface area (Å²) in [6, 6.07) is -1.25. The number of guanidine groups is 1. The SMILES string of the molecule is CCCC[C@H]1C(O)N(C)[C@@H](CCCC)C(=O)N[C@@H](CCCNC(=N)N)C(=O)N[C@H](C(=O)NCC(=O)NCC(N)=O)CSCC(=O)N[C@@H](Cc2ccc(O)cc2)C(=O)N(C)[C@@H](C)C(=O)N[C@@H](CC(N)=O)C(=O)N2CCC[C@H]2C(=O)N[C@@H](Cc2cnc[nH]2)C(=O)N[C@@H](CC(C)C)C(=O)N2CCC[C@H]2C(=O)N[C@@H](Cc2c[nH]c3ccccc23)C(=O)N[C@@H](CO)C(=O)N[C@@H](Cc2c[nH]c3ccccc23)C(=O)N1C. The summed E-state index contributed by atoms with van der Waals surface area (Å²) in [4.78, 5) is 268. The van der Waals surface area contributed by atoms with Gasteiger partial charge < -0.3 is 131 Å². The molecule has 17 amide bonds. The van der Waals surface area contributed by atoms with Gasteiger partial charge in [-0.15, -0.1) is 11.8 Å². The first kappa shape index (κ1) is 109. The molecule has 0 radical (unpaired) electrons. The molecule has 756 valence electrons. The Morgan fingerprint density at radius 3 is 1.64 bits per heavy atom. The summed E-state index contributed by atoms with van der Waals surface area (Å²) in [6.07, 6.45) is 4.65. The van der Waals surface area contributed by atoms with Crippen molar-refractivity contribution in [1.82, 2.24) is 108 Å². The number of nitrogens with zero attached hydrogens (tertiary/aromatic N) is 6. The Hall–Kier alpha value is -13.8. The lowest BCUT2D eigenvalue weighted by Gasteiger charge is -2.41. The Kier molecular flexibility index (Phi) is 41.3. The van der Waals surface area contributed by atoms with E-state index in [1.165, 1.54) is 79.6 Å². The van der Waals surface area contributed by atoms with Crippen LogP contribution in [0.15, 0.2) is 97.7 Å². The van der Waals surface area contributed by atoms with Crippen LogP contribution < -0.4 is 81.0 Å². The lowest BCUT2D eigenvalue weighted by molar-refractivity contribution is -0.147. The molecule has 3 fully saturated rings. The summed E-state index contributed by atoms with van der Waals surface area (Å²) in [5, 5.41) is 75.4. The fourth-order valence-corrected chi connectivity index (χ4v) is 18.1. The minimum atomic E-state index is -1.84. The second-order valence-corrected chi connectivity index (χ2v) is 36.8. The average molecular weight is 1950 g/mol. The number of carbonyl (C=O) groups is 17. The van der Waals surface area contributed by atoms with E-state index in [2.05, 4.69) is 83.7 Å². The van der Waals surface area contributed by atoms with Gasteiger partial charge >= 0.3 is 0 Å². The number of primary amides is 2. The molecule has 3 aliphatic rings. The molecule has 3 aromatic heterocycles. The predicted octanol–water partition coefficient (Wildman–Crippen LogP) is -2.99. The van der Waals surface area contributed by atoms with E-state index in [9.17, 15) is 58.5 Å². The second-order valence-electron chi connectivity index (χ2n) is 35.7. The zero-order chi connectivity index (χ0) is 101. The summed E-state index contributed by atoms with van der Waals surface area (Å²) in [5.41, 5.74) is 19.8. The topological polar surface area (TPSA) is 674 Å². The van der Waals surface area contributed by atoms with Crippen LogP contribution in [-0.4, -0.2) is 329 Å². The van der Waals surface area contributed by atoms with E-state index in [1.807, 2.05) is 13.8 Å². The number of rotatable bonds is 28. The zero-order valence-electron chi connectivity index (χ0n) is 79.5. The fraction of sp³-hybridized carbons (Fsp3) is 0.538. The molecule has 25 N–H and O–H groups in total. The molecular formula is C93H133N25O20S. The highest BCUT2D eigenvalue weighted by Gasteiger charge is 2.46. The number of aromatic nitrogens is 4. The number of benzene rings is 3. The number of nitrogens with two attached hydrogens (primary N) is 3. The number of para-hydroxylation sites is 2. The summed E-state index contributed by atoms with van der Waals surface area (Å²) in [6.45, 7) is 5.98. The molecule has 1 unspecified atom stereocenters. The van der Waals surface area contributed by atoms with Crippen molar-refractivity contribution >= 4 is 140 Å². The first-order valence-electron chi connectivity index (χ1n) is 46.8. The van der Waals surface area contributed by atoms with Crippen molar-refractivity contribution in [3.05, 3.63) is 120 Å². The highest BCUT2D eigenvalue weighted by atomic mass is 32.2. The van der Waals surface area contributed by atoms with Crippen LogP contribution in [0.4, 0.5) is 0 Å². The second kappa shape index (κ2) is 52.7. The number of unbranched alkanes of at least 4 members (excludes halogenated alkanes) is 2. The van der Waals surface area contributed by atoms with Gasteiger partial charge in [0.1, 0.15) is 84.5 Å². The Morgan fingerprint density at radius 1 is 0.547 bits per heavy atom. The number of phenolic OH excluding ortho intramolecular Hbond substituents is 1. The van der Waals surface area contributed by atoms with E-state index >= 15 is 38.4 Å². The van der Waals surface area contributed by atoms with Gasteiger partial charge in [-0.2, -0.15) is 0 Å². The van der Waals surface area contributed by atoms with Crippen LogP contribution in [0, 0.1) is 11.3 Å². The number of phenols is 1. The molecule has 0 spiro atoms. The van der Waals surface area contributed by atoms with E-state index in [-0.39, 0.29) is 115 Å². The number of likely N-dealkylation sites (N-methyl/N-ethyl adjacent to an activating group) is 3. The lowest BCUT2D eigenvalue weighted by atomic mass is 9.99. The number of carbonyl (C=O) groups excluding carboxylic acids is 17. The van der Waals surface area contributed by atoms with Gasteiger partial charge in [0, 0.05) is 111 Å². The summed E-state index contributed by atoms with van der Waals surface area (Å²) in [5.74, 6) is -17.5. The molecular weight excluding hydrogens is 1820 g/mol. The highest BCUT2D eigenvalue weighted by Crippen LogP contribution is 2.29. The highest BCUT2D eigenvalue weighted by molar-refractivity contribution is 8.00. The number of H-pyrrole nitrogens is 3. The number of fused-ring (bicyclic) bond motifs is 4. The Balaban J connectivity index is 1.10. The summed E-state index contributed by atoms with van der Waals surface area (Å²) >= 11 is 0.745. The van der Waals surface area contributed by atoms with Gasteiger partial charge in [-0.25, -0.2) is 4.98 Å². The number of aliphatic hydroxyl groups excluding tert-OH is 2. The minimum absolute atomic E-state index is 0.00196. The number of aliphatic hydroxyl groups is 2. The van der Waals surface area contributed by atoms with Crippen molar-refractivity contribution in [3.8, 4) is 5.75 Å². The monoisotopic (exact) mass is 1950 g/mol. The number of aromatic hydroxyl groups is 1. The molecule has 15 atom stereocenters. The number of hydrogen-bond donors (Lipinski definition) is 22. The first-order valence-corrected chi connectivity index (χ1v) is 47.9. The third-order valence-electron chi connectivity index (χ3n) is 24.9. The third kappa shape index (κ3) is 31.1. The smallest absolute Gasteiger partial charge is 0.246 e. The van der Waals surface area contributed by atoms with Crippen molar-refractivity contribution in [2.45, 2.75) is 241 Å². The maximum atomic E-state index is 15.8. The molecule has 6 heterocycles. The Morgan fingerprint density at radius 2 is 1.07 bits per heavy atom. The molecule has 9 rings (SSSR count). The first-order chi connectivity index (χ1) is 66.3. The van der Waals surface area contributed by atoms with Gasteiger partial charge in [0.2, 0.25) is 100 Å². The number of nitrogens with one attached hydrogen (secondary N) is 16. The van der Waals surface area contributed by atoms with Crippen molar-refractivity contribution in [3.63, 3.8) is 0 Å². The quantitative estimate of drug-likeness (QED) is 0.0132. The van der Waals surface area contributed by atoms with E-state index in [0.717, 1.165) is 21.6 Å². The molecule has 6 aromatic rings. The number of thioether (sulfide) groups is 1. The van der Waals surface area contributed by atoms with Crippen molar-refractivity contribution in [2.75, 3.05) is 72.0 Å². The standard InChI is InChI=1S/C93H133N25O20S/c1-9-11-25-71-85(131)106-62(24-17-33-99-93(96)97)81(127)113-70(80(126)103-46-77(123)102-45-76(95)122)48-139-49-78(124)105-66(37-53-29-31-57(120)32-30-53)88(134)114(6)52(5)79(125)109-68(41-75(94)121)91(137)118-35-19-28-73(118)87(133)108-64(40-56-44-98-50-104-56)83(129)110-65(36-51(3)4)90(136)117-34-18-27-72(117)86(132)107-63(38-54-42-100-60-22-15-13-20-58(54)60)82(128)112-69(47-119)84(130)111-67(39-55-43-101-61-23-16-14-21-59(55)61)89(135)116(8)74(26-12-10-2)92(138)115(71)7/h13-16,20-23,29-32,42-44,50-52,62-74,92,100-101,119-120,138H,9-12,17-19,24-28,33-41,45-49H2,1-8H3,(H2,94,121)(H2,95,122)(H,98,104)(H,102,123)(H,103,126)(H,105,124)(H,106,131)(H,107,132)(H,108,133)(H,109,125)(H,110,129)(H,111,130)(H,112,128)(H,113,127)(H4,96,97,99)/t52-,62-,63-,64-,65-,66-,67-,68-,69-,70-,71-,72-,73-,74-,92?/m0/s1. The van der Waals surface area contributed by atoms with E-state index in [4.69, 9.17) is 22.6 Å². The summed E-state index contributed by atoms with van der Waals surface area (Å²) in [7, 11) is 4.06. The van der Waals surface area contributed by atoms with E-state index in [0.29, 0.717) is 69.9 Å². The molecule has 3 saturated heterocycles. The van der Waals surface area contributed by atoms with E-state index < -0.39 is 235 Å². The largest absolute Gasteiger partial charge is 0.508 e. The van der Waals surface area contributed by atoms with Gasteiger partial charge in [-0.05, 0) is 119 Å². The number of imidazole rings is 1. The maximum absolute atomic E-state index is 15.8. The van der Waals surface area contributed by atoms with Crippen LogP contribution in [0.25, 0.3) is 21.8 Å². The molecule has 0 bridgehead atoms. The minimum Gasteiger partial charge on any atom is -0.508 e. The third-order valence-corrected chi connectivity index (χ3v) is 26.0. The molecule has 46 heteroatoms. The van der Waals surface area contributed by atoms with Crippen LogP contribution in [0.3, 0.4) is 0 Å². The van der Waals surface area contributed by atoms with Crippen molar-refractivity contribution in [2.24, 2.45) is 23.1 Å². The Bertz CT molecular complexity index is 5310. The number of aromatic amines is 3. The lowest BCUT2D eigenvalue weighted by Crippen LogP contribution is -2.62. The fourth-order valence-electron chi connectivity index (χ4n) is 17.2. The van der Waals surface area contributed by atoms with Crippen LogP contribution >= 0.6 is 11.8 Å². The van der Waals surface area contributed by atoms with Gasteiger partial charge in [0.05, 0.1) is 50.3 Å². The van der Waals surface area contributed by atoms with Gasteiger partial charge in [0.15, 0.2) is 5.96 Å². The molecule has 0 aliphatic carbocycles. The van der Waals surface area contributed by atoms with Crippen LogP contribution in [0.5, 0.6) is 5.75 Å². The van der Waals surface area contributed by atoms with Gasteiger partial charge in [0.25, 0.3) is 0 Å². The predicted molar refractivity (Wildman–Crippen MR) is 512 cm³/mol. The molecule has 3 aromatic carbocycles. The molecule has 0 saturated carbocycles. The number of hydrogen-bond acceptors (Lipinski definition) is 24. The van der Waals surface area contributed by atoms with Gasteiger partial charge in [-0.3, -0.25) is 91.8 Å².